The second-order valence-corrected chi connectivity index (χ2v) is 6.14. The molecule has 0 aliphatic heterocycles. The molecule has 29 heavy (non-hydrogen) atoms. The van der Waals surface area contributed by atoms with Crippen molar-refractivity contribution in [2.75, 3.05) is 19.5 Å². The third kappa shape index (κ3) is 4.73. The molecule has 3 aromatic rings. The zero-order chi connectivity index (χ0) is 20.8. The standard InChI is InChI=1S/C21H21N3O5/c1-24-19(21(26)28-3)18(12-22-24)23-20(25)15-6-4-14(5-7-15)13-29-17-10-8-16(27-2)9-11-17/h4-12H,13H2,1-3H3,(H,23,25). The Hall–Kier alpha value is -3.81. The number of rotatable bonds is 7. The summed E-state index contributed by atoms with van der Waals surface area (Å²) in [6.45, 7) is 0.364. The maximum Gasteiger partial charge on any atom is 0.358 e. The fourth-order valence-electron chi connectivity index (χ4n) is 2.65. The number of amides is 1. The minimum Gasteiger partial charge on any atom is -0.497 e. The van der Waals surface area contributed by atoms with Crippen molar-refractivity contribution < 1.29 is 23.8 Å². The molecule has 0 aliphatic rings. The van der Waals surface area contributed by atoms with Crippen LogP contribution in [0.3, 0.4) is 0 Å². The van der Waals surface area contributed by atoms with Crippen molar-refractivity contribution in [1.29, 1.82) is 0 Å². The van der Waals surface area contributed by atoms with Crippen molar-refractivity contribution in [3.05, 3.63) is 71.5 Å². The van der Waals surface area contributed by atoms with Crippen LogP contribution in [-0.4, -0.2) is 35.9 Å². The number of hydrogen-bond donors (Lipinski definition) is 1. The molecule has 1 N–H and O–H groups in total. The Morgan fingerprint density at radius 2 is 1.66 bits per heavy atom. The lowest BCUT2D eigenvalue weighted by Crippen LogP contribution is -2.16. The molecule has 8 heteroatoms. The Morgan fingerprint density at radius 3 is 2.28 bits per heavy atom. The second-order valence-electron chi connectivity index (χ2n) is 6.14. The van der Waals surface area contributed by atoms with Crippen molar-refractivity contribution >= 4 is 17.6 Å². The van der Waals surface area contributed by atoms with Gasteiger partial charge in [0.1, 0.15) is 18.1 Å². The van der Waals surface area contributed by atoms with E-state index < -0.39 is 5.97 Å². The fourth-order valence-corrected chi connectivity index (χ4v) is 2.65. The fraction of sp³-hybridized carbons (Fsp3) is 0.190. The summed E-state index contributed by atoms with van der Waals surface area (Å²) in [6.07, 6.45) is 1.40. The predicted octanol–water partition coefficient (Wildman–Crippen LogP) is 3.05. The van der Waals surface area contributed by atoms with Gasteiger partial charge in [-0.1, -0.05) is 12.1 Å². The number of aryl methyl sites for hydroxylation is 1. The molecule has 1 heterocycles. The molecule has 1 amide bonds. The van der Waals surface area contributed by atoms with E-state index >= 15 is 0 Å². The summed E-state index contributed by atoms with van der Waals surface area (Å²) in [7, 11) is 4.48. The van der Waals surface area contributed by atoms with E-state index in [0.717, 1.165) is 17.1 Å². The van der Waals surface area contributed by atoms with Crippen LogP contribution >= 0.6 is 0 Å². The van der Waals surface area contributed by atoms with Crippen molar-refractivity contribution in [3.63, 3.8) is 0 Å². The molecule has 8 nitrogen and oxygen atoms in total. The van der Waals surface area contributed by atoms with Gasteiger partial charge in [-0.2, -0.15) is 5.10 Å². The van der Waals surface area contributed by atoms with E-state index in [1.807, 2.05) is 36.4 Å². The zero-order valence-electron chi connectivity index (χ0n) is 16.3. The molecule has 0 fully saturated rings. The van der Waals surface area contributed by atoms with Crippen LogP contribution in [-0.2, 0) is 18.4 Å². The highest BCUT2D eigenvalue weighted by molar-refractivity contribution is 6.07. The predicted molar refractivity (Wildman–Crippen MR) is 106 cm³/mol. The van der Waals surface area contributed by atoms with Gasteiger partial charge in [-0.25, -0.2) is 4.79 Å². The van der Waals surface area contributed by atoms with Crippen molar-refractivity contribution in [2.45, 2.75) is 6.61 Å². The zero-order valence-corrected chi connectivity index (χ0v) is 16.3. The molecule has 0 bridgehead atoms. The van der Waals surface area contributed by atoms with Crippen LogP contribution in [0.25, 0.3) is 0 Å². The lowest BCUT2D eigenvalue weighted by Gasteiger charge is -2.09. The first-order valence-corrected chi connectivity index (χ1v) is 8.79. The average molecular weight is 395 g/mol. The number of methoxy groups -OCH3 is 2. The molecule has 0 aliphatic carbocycles. The van der Waals surface area contributed by atoms with Crippen LogP contribution < -0.4 is 14.8 Å². The quantitative estimate of drug-likeness (QED) is 0.618. The Morgan fingerprint density at radius 1 is 1.00 bits per heavy atom. The molecular weight excluding hydrogens is 374 g/mol. The number of hydrogen-bond acceptors (Lipinski definition) is 6. The maximum atomic E-state index is 12.5. The molecule has 150 valence electrons. The number of benzene rings is 2. The summed E-state index contributed by atoms with van der Waals surface area (Å²) in [5.41, 5.74) is 1.81. The molecule has 1 aromatic heterocycles. The topological polar surface area (TPSA) is 91.7 Å². The number of aromatic nitrogens is 2. The summed E-state index contributed by atoms with van der Waals surface area (Å²) in [6, 6.07) is 14.3. The monoisotopic (exact) mass is 395 g/mol. The lowest BCUT2D eigenvalue weighted by molar-refractivity contribution is 0.0589. The number of ether oxygens (including phenoxy) is 3. The largest absolute Gasteiger partial charge is 0.497 e. The van der Waals surface area contributed by atoms with Gasteiger partial charge in [-0.3, -0.25) is 9.48 Å². The Labute approximate surface area is 168 Å². The normalized spacial score (nSPS) is 10.3. The first-order chi connectivity index (χ1) is 14.0. The minimum absolute atomic E-state index is 0.172. The third-order valence-corrected chi connectivity index (χ3v) is 4.25. The highest BCUT2D eigenvalue weighted by Crippen LogP contribution is 2.19. The van der Waals surface area contributed by atoms with Crippen LogP contribution in [0.15, 0.2) is 54.7 Å². The van der Waals surface area contributed by atoms with Gasteiger partial charge in [0, 0.05) is 12.6 Å². The molecule has 0 atom stereocenters. The smallest absolute Gasteiger partial charge is 0.358 e. The molecule has 2 aromatic carbocycles. The Kier molecular flexibility index (Phi) is 6.13. The van der Waals surface area contributed by atoms with Gasteiger partial charge >= 0.3 is 5.97 Å². The summed E-state index contributed by atoms with van der Waals surface area (Å²) < 4.78 is 16.9. The minimum atomic E-state index is -0.577. The van der Waals surface area contributed by atoms with E-state index in [9.17, 15) is 9.59 Å². The van der Waals surface area contributed by atoms with Gasteiger partial charge in [-0.05, 0) is 42.0 Å². The van der Waals surface area contributed by atoms with E-state index in [-0.39, 0.29) is 17.3 Å². The van der Waals surface area contributed by atoms with Crippen molar-refractivity contribution in [2.24, 2.45) is 7.05 Å². The van der Waals surface area contributed by atoms with Gasteiger partial charge in [0.05, 0.1) is 26.1 Å². The van der Waals surface area contributed by atoms with E-state index in [4.69, 9.17) is 14.2 Å². The third-order valence-electron chi connectivity index (χ3n) is 4.25. The molecule has 0 saturated carbocycles. The molecule has 3 rings (SSSR count). The number of carbonyl (C=O) groups is 2. The van der Waals surface area contributed by atoms with E-state index in [2.05, 4.69) is 10.4 Å². The number of nitrogens with zero attached hydrogens (tertiary/aromatic N) is 2. The Balaban J connectivity index is 1.62. The summed E-state index contributed by atoms with van der Waals surface area (Å²) in [5.74, 6) is 0.549. The SMILES string of the molecule is COC(=O)c1c(NC(=O)c2ccc(COc3ccc(OC)cc3)cc2)cnn1C. The summed E-state index contributed by atoms with van der Waals surface area (Å²) >= 11 is 0. The number of anilines is 1. The van der Waals surface area contributed by atoms with Crippen LogP contribution in [0, 0.1) is 0 Å². The van der Waals surface area contributed by atoms with E-state index in [0.29, 0.717) is 12.2 Å². The van der Waals surface area contributed by atoms with Crippen molar-refractivity contribution in [1.82, 2.24) is 9.78 Å². The van der Waals surface area contributed by atoms with Gasteiger partial charge < -0.3 is 19.5 Å². The number of nitrogens with one attached hydrogen (secondary N) is 1. The van der Waals surface area contributed by atoms with Gasteiger partial charge in [-0.15, -0.1) is 0 Å². The molecule has 0 saturated heterocycles. The Bertz CT molecular complexity index is 994. The number of carbonyl (C=O) groups excluding carboxylic acids is 2. The first-order valence-electron chi connectivity index (χ1n) is 8.79. The molecule has 0 unspecified atom stereocenters. The average Bonchev–Trinajstić information content (AvgIpc) is 3.12. The molecular formula is C21H21N3O5. The van der Waals surface area contributed by atoms with Crippen LogP contribution in [0.1, 0.15) is 26.4 Å². The maximum absolute atomic E-state index is 12.5. The number of esters is 1. The van der Waals surface area contributed by atoms with Gasteiger partial charge in [0.15, 0.2) is 5.69 Å². The highest BCUT2D eigenvalue weighted by Gasteiger charge is 2.19. The second kappa shape index (κ2) is 8.92. The van der Waals surface area contributed by atoms with Crippen LogP contribution in [0.2, 0.25) is 0 Å². The van der Waals surface area contributed by atoms with Gasteiger partial charge in [0.2, 0.25) is 0 Å². The first kappa shape index (κ1) is 19.9. The van der Waals surface area contributed by atoms with E-state index in [1.165, 1.54) is 18.0 Å². The van der Waals surface area contributed by atoms with Crippen molar-refractivity contribution in [3.8, 4) is 11.5 Å². The van der Waals surface area contributed by atoms with Crippen LogP contribution in [0.4, 0.5) is 5.69 Å². The lowest BCUT2D eigenvalue weighted by atomic mass is 10.1. The highest BCUT2D eigenvalue weighted by atomic mass is 16.5. The van der Waals surface area contributed by atoms with Crippen LogP contribution in [0.5, 0.6) is 11.5 Å². The van der Waals surface area contributed by atoms with E-state index in [1.54, 1.807) is 26.3 Å². The summed E-state index contributed by atoms with van der Waals surface area (Å²) in [4.78, 5) is 24.3. The molecule has 0 spiro atoms. The van der Waals surface area contributed by atoms with Gasteiger partial charge in [0.25, 0.3) is 5.91 Å². The molecule has 0 radical (unpaired) electrons. The summed E-state index contributed by atoms with van der Waals surface area (Å²) in [5, 5.41) is 6.67.